The summed E-state index contributed by atoms with van der Waals surface area (Å²) in [6.07, 6.45) is 0. The van der Waals surface area contributed by atoms with Crippen LogP contribution in [0.4, 0.5) is 0 Å². The minimum Gasteiger partial charge on any atom is -0.484 e. The fourth-order valence-electron chi connectivity index (χ4n) is 1.03. The first-order valence-electron chi connectivity index (χ1n) is 4.36. The minimum atomic E-state index is -0.357. The molecule has 3 N–H and O–H groups in total. The third kappa shape index (κ3) is 4.42. The van der Waals surface area contributed by atoms with Crippen molar-refractivity contribution in [1.29, 1.82) is 0 Å². The number of rotatable bonds is 3. The Morgan fingerprint density at radius 1 is 1.60 bits per heavy atom. The number of thiocarbonyl (C=S) groups is 1. The maximum Gasteiger partial charge on any atom is 0.264 e. The van der Waals surface area contributed by atoms with Gasteiger partial charge in [-0.2, -0.15) is 0 Å². The Morgan fingerprint density at radius 3 is 2.93 bits per heavy atom. The average molecular weight is 224 g/mol. The van der Waals surface area contributed by atoms with Gasteiger partial charge in [0.1, 0.15) is 5.75 Å². The van der Waals surface area contributed by atoms with Crippen molar-refractivity contribution < 1.29 is 9.53 Å². The molecule has 1 aromatic carbocycles. The van der Waals surface area contributed by atoms with Gasteiger partial charge in [-0.1, -0.05) is 12.1 Å². The molecule has 0 aliphatic rings. The lowest BCUT2D eigenvalue weighted by Gasteiger charge is -2.06. The zero-order valence-corrected chi connectivity index (χ0v) is 9.14. The second-order valence-electron chi connectivity index (χ2n) is 3.02. The Balaban J connectivity index is 2.43. The maximum atomic E-state index is 11.1. The SMILES string of the molecule is Cc1cccc(OCC(=O)NC(N)=S)c1. The molecule has 5 heteroatoms. The molecule has 0 aromatic heterocycles. The number of hydrogen-bond acceptors (Lipinski definition) is 3. The van der Waals surface area contributed by atoms with E-state index in [1.165, 1.54) is 0 Å². The smallest absolute Gasteiger partial charge is 0.264 e. The number of carbonyl (C=O) groups is 1. The van der Waals surface area contributed by atoms with Gasteiger partial charge in [0, 0.05) is 0 Å². The van der Waals surface area contributed by atoms with E-state index >= 15 is 0 Å². The lowest BCUT2D eigenvalue weighted by Crippen LogP contribution is -2.37. The Kier molecular flexibility index (Phi) is 4.05. The molecule has 1 amide bonds. The lowest BCUT2D eigenvalue weighted by molar-refractivity contribution is -0.121. The van der Waals surface area contributed by atoms with Gasteiger partial charge in [0.15, 0.2) is 11.7 Å². The van der Waals surface area contributed by atoms with Crippen LogP contribution >= 0.6 is 12.2 Å². The molecule has 1 aromatic rings. The van der Waals surface area contributed by atoms with Crippen molar-refractivity contribution in [2.24, 2.45) is 5.73 Å². The highest BCUT2D eigenvalue weighted by atomic mass is 32.1. The first-order valence-corrected chi connectivity index (χ1v) is 4.77. The third-order valence-electron chi connectivity index (χ3n) is 1.62. The van der Waals surface area contributed by atoms with Gasteiger partial charge >= 0.3 is 0 Å². The van der Waals surface area contributed by atoms with Crippen molar-refractivity contribution in [2.75, 3.05) is 6.61 Å². The first kappa shape index (κ1) is 11.5. The highest BCUT2D eigenvalue weighted by Gasteiger charge is 2.02. The Labute approximate surface area is 93.4 Å². The standard InChI is InChI=1S/C10H12N2O2S/c1-7-3-2-4-8(5-7)14-6-9(13)12-10(11)15/h2-5H,6H2,1H3,(H3,11,12,13,15). The fourth-order valence-corrected chi connectivity index (χ4v) is 1.14. The average Bonchev–Trinajstić information content (AvgIpc) is 2.14. The zero-order valence-electron chi connectivity index (χ0n) is 8.32. The van der Waals surface area contributed by atoms with E-state index in [2.05, 4.69) is 17.5 Å². The van der Waals surface area contributed by atoms with Gasteiger partial charge < -0.3 is 15.8 Å². The van der Waals surface area contributed by atoms with Crippen molar-refractivity contribution in [3.8, 4) is 5.75 Å². The van der Waals surface area contributed by atoms with E-state index in [-0.39, 0.29) is 17.6 Å². The van der Waals surface area contributed by atoms with Crippen molar-refractivity contribution in [2.45, 2.75) is 6.92 Å². The molecule has 0 saturated heterocycles. The molecular weight excluding hydrogens is 212 g/mol. The summed E-state index contributed by atoms with van der Waals surface area (Å²) in [4.78, 5) is 11.1. The fraction of sp³-hybridized carbons (Fsp3) is 0.200. The topological polar surface area (TPSA) is 64.3 Å². The molecule has 4 nitrogen and oxygen atoms in total. The molecule has 15 heavy (non-hydrogen) atoms. The van der Waals surface area contributed by atoms with Crippen LogP contribution in [-0.4, -0.2) is 17.6 Å². The van der Waals surface area contributed by atoms with E-state index in [0.717, 1.165) is 5.56 Å². The van der Waals surface area contributed by atoms with Crippen LogP contribution in [0, 0.1) is 6.92 Å². The quantitative estimate of drug-likeness (QED) is 0.743. The van der Waals surface area contributed by atoms with Crippen LogP contribution in [0.2, 0.25) is 0 Å². The van der Waals surface area contributed by atoms with E-state index in [1.54, 1.807) is 6.07 Å². The summed E-state index contributed by atoms with van der Waals surface area (Å²) >= 11 is 4.51. The lowest BCUT2D eigenvalue weighted by atomic mass is 10.2. The highest BCUT2D eigenvalue weighted by molar-refractivity contribution is 7.80. The number of benzene rings is 1. The van der Waals surface area contributed by atoms with E-state index in [0.29, 0.717) is 5.75 Å². The molecule has 0 fully saturated rings. The van der Waals surface area contributed by atoms with Crippen LogP contribution in [0.15, 0.2) is 24.3 Å². The van der Waals surface area contributed by atoms with Gasteiger partial charge in [-0.3, -0.25) is 4.79 Å². The van der Waals surface area contributed by atoms with Gasteiger partial charge in [0.25, 0.3) is 5.91 Å². The van der Waals surface area contributed by atoms with Gasteiger partial charge in [0.05, 0.1) is 0 Å². The second kappa shape index (κ2) is 5.31. The van der Waals surface area contributed by atoms with E-state index in [1.807, 2.05) is 25.1 Å². The molecule has 0 saturated carbocycles. The number of carbonyl (C=O) groups excluding carboxylic acids is 1. The normalized spacial score (nSPS) is 9.40. The van der Waals surface area contributed by atoms with Crippen LogP contribution in [0.25, 0.3) is 0 Å². The Bertz CT molecular complexity index is 379. The molecule has 0 atom stereocenters. The molecule has 0 aliphatic carbocycles. The van der Waals surface area contributed by atoms with Crippen LogP contribution in [-0.2, 0) is 4.79 Å². The first-order chi connectivity index (χ1) is 7.08. The minimum absolute atomic E-state index is 0.0483. The third-order valence-corrected chi connectivity index (χ3v) is 1.72. The van der Waals surface area contributed by atoms with Gasteiger partial charge in [-0.05, 0) is 36.8 Å². The number of nitrogens with two attached hydrogens (primary N) is 1. The molecule has 80 valence electrons. The zero-order chi connectivity index (χ0) is 11.3. The maximum absolute atomic E-state index is 11.1. The number of nitrogens with one attached hydrogen (secondary N) is 1. The monoisotopic (exact) mass is 224 g/mol. The van der Waals surface area contributed by atoms with Gasteiger partial charge in [-0.25, -0.2) is 0 Å². The number of hydrogen-bond donors (Lipinski definition) is 2. The van der Waals surface area contributed by atoms with E-state index in [4.69, 9.17) is 10.5 Å². The predicted octanol–water partition coefficient (Wildman–Crippen LogP) is 0.734. The van der Waals surface area contributed by atoms with Gasteiger partial charge in [0.2, 0.25) is 0 Å². The van der Waals surface area contributed by atoms with Crippen molar-refractivity contribution in [3.05, 3.63) is 29.8 Å². The molecule has 1 rings (SSSR count). The molecule has 0 radical (unpaired) electrons. The van der Waals surface area contributed by atoms with E-state index < -0.39 is 0 Å². The summed E-state index contributed by atoms with van der Waals surface area (Å²) in [5.74, 6) is 0.289. The molecule has 0 spiro atoms. The van der Waals surface area contributed by atoms with Gasteiger partial charge in [-0.15, -0.1) is 0 Å². The molecule has 0 unspecified atom stereocenters. The summed E-state index contributed by atoms with van der Waals surface area (Å²) in [6.45, 7) is 1.85. The molecule has 0 heterocycles. The van der Waals surface area contributed by atoms with Crippen molar-refractivity contribution in [3.63, 3.8) is 0 Å². The summed E-state index contributed by atoms with van der Waals surface area (Å²) in [5.41, 5.74) is 6.20. The molecule has 0 bridgehead atoms. The number of ether oxygens (including phenoxy) is 1. The predicted molar refractivity (Wildman–Crippen MR) is 61.6 cm³/mol. The summed E-state index contributed by atoms with van der Waals surface area (Å²) in [7, 11) is 0. The van der Waals surface area contributed by atoms with Crippen LogP contribution in [0.5, 0.6) is 5.75 Å². The van der Waals surface area contributed by atoms with Crippen molar-refractivity contribution >= 4 is 23.2 Å². The van der Waals surface area contributed by atoms with Crippen molar-refractivity contribution in [1.82, 2.24) is 5.32 Å². The van der Waals surface area contributed by atoms with Crippen LogP contribution < -0.4 is 15.8 Å². The molecule has 0 aliphatic heterocycles. The Hall–Kier alpha value is -1.62. The number of amides is 1. The van der Waals surface area contributed by atoms with E-state index in [9.17, 15) is 4.79 Å². The summed E-state index contributed by atoms with van der Waals surface area (Å²) in [5, 5.41) is 2.22. The van der Waals surface area contributed by atoms with Crippen LogP contribution in [0.3, 0.4) is 0 Å². The highest BCUT2D eigenvalue weighted by Crippen LogP contribution is 2.11. The van der Waals surface area contributed by atoms with Crippen LogP contribution in [0.1, 0.15) is 5.56 Å². The second-order valence-corrected chi connectivity index (χ2v) is 3.46. The summed E-state index contributed by atoms with van der Waals surface area (Å²) < 4.78 is 5.22. The summed E-state index contributed by atoms with van der Waals surface area (Å²) in [6, 6.07) is 7.42. The number of aryl methyl sites for hydroxylation is 1. The largest absolute Gasteiger partial charge is 0.484 e. The molecular formula is C10H12N2O2S. The Morgan fingerprint density at radius 2 is 2.33 bits per heavy atom.